The van der Waals surface area contributed by atoms with Gasteiger partial charge in [0.1, 0.15) is 5.75 Å². The Labute approximate surface area is 131 Å². The van der Waals surface area contributed by atoms with Crippen molar-refractivity contribution in [1.29, 1.82) is 5.26 Å². The normalized spacial score (nSPS) is 11.5. The van der Waals surface area contributed by atoms with E-state index in [0.29, 0.717) is 22.8 Å². The molecule has 0 aliphatic carbocycles. The first-order chi connectivity index (χ1) is 10.6. The third-order valence-electron chi connectivity index (χ3n) is 3.75. The highest BCUT2D eigenvalue weighted by molar-refractivity contribution is 5.97. The summed E-state index contributed by atoms with van der Waals surface area (Å²) in [5.74, 6) is 0.954. The molecule has 22 heavy (non-hydrogen) atoms. The van der Waals surface area contributed by atoms with Gasteiger partial charge in [-0.15, -0.1) is 0 Å². The van der Waals surface area contributed by atoms with Crippen molar-refractivity contribution in [2.75, 3.05) is 6.61 Å². The maximum absolute atomic E-state index is 12.1. The summed E-state index contributed by atoms with van der Waals surface area (Å²) in [6, 6.07) is 16.5. The zero-order valence-corrected chi connectivity index (χ0v) is 12.9. The van der Waals surface area contributed by atoms with Crippen LogP contribution in [0.15, 0.2) is 48.5 Å². The summed E-state index contributed by atoms with van der Waals surface area (Å²) in [5.41, 5.74) is 2.40. The average molecular weight is 293 g/mol. The molecule has 3 heteroatoms. The van der Waals surface area contributed by atoms with Crippen LogP contribution in [0.5, 0.6) is 5.75 Å². The SMILES string of the molecule is CC[C@H](C)c1ccc(C(=O)COc2cccc(C#N)c2)cc1. The molecule has 0 aromatic heterocycles. The van der Waals surface area contributed by atoms with Crippen LogP contribution in [0, 0.1) is 11.3 Å². The second kappa shape index (κ2) is 7.42. The summed E-state index contributed by atoms with van der Waals surface area (Å²) in [4.78, 5) is 12.1. The minimum atomic E-state index is -0.0712. The maximum atomic E-state index is 12.1. The van der Waals surface area contributed by atoms with Gasteiger partial charge >= 0.3 is 0 Å². The van der Waals surface area contributed by atoms with Crippen LogP contribution < -0.4 is 4.74 Å². The second-order valence-corrected chi connectivity index (χ2v) is 5.28. The van der Waals surface area contributed by atoms with Crippen molar-refractivity contribution in [2.45, 2.75) is 26.2 Å². The number of hydrogen-bond donors (Lipinski definition) is 0. The molecule has 0 unspecified atom stereocenters. The molecule has 0 saturated carbocycles. The van der Waals surface area contributed by atoms with Crippen molar-refractivity contribution in [3.63, 3.8) is 0 Å². The second-order valence-electron chi connectivity index (χ2n) is 5.28. The van der Waals surface area contributed by atoms with E-state index in [-0.39, 0.29) is 12.4 Å². The molecule has 0 aliphatic rings. The highest BCUT2D eigenvalue weighted by Gasteiger charge is 2.09. The molecule has 0 saturated heterocycles. The van der Waals surface area contributed by atoms with E-state index in [9.17, 15) is 4.79 Å². The Hall–Kier alpha value is -2.60. The van der Waals surface area contributed by atoms with Crippen molar-refractivity contribution in [3.05, 3.63) is 65.2 Å². The molecule has 0 spiro atoms. The molecule has 2 aromatic rings. The molecule has 2 aromatic carbocycles. The summed E-state index contributed by atoms with van der Waals surface area (Å²) in [6.07, 6.45) is 1.08. The Kier molecular flexibility index (Phi) is 5.32. The van der Waals surface area contributed by atoms with Crippen molar-refractivity contribution >= 4 is 5.78 Å². The lowest BCUT2D eigenvalue weighted by Crippen LogP contribution is -2.11. The molecule has 0 aliphatic heterocycles. The number of carbonyl (C=O) groups is 1. The number of nitriles is 1. The van der Waals surface area contributed by atoms with E-state index in [4.69, 9.17) is 10.00 Å². The Morgan fingerprint density at radius 3 is 2.59 bits per heavy atom. The predicted octanol–water partition coefficient (Wildman–Crippen LogP) is 4.33. The lowest BCUT2D eigenvalue weighted by molar-refractivity contribution is 0.0921. The van der Waals surface area contributed by atoms with E-state index in [2.05, 4.69) is 13.8 Å². The van der Waals surface area contributed by atoms with Gasteiger partial charge in [-0.3, -0.25) is 4.79 Å². The van der Waals surface area contributed by atoms with Gasteiger partial charge in [0.25, 0.3) is 0 Å². The van der Waals surface area contributed by atoms with E-state index >= 15 is 0 Å². The molecule has 1 atom stereocenters. The van der Waals surface area contributed by atoms with Crippen LogP contribution in [0.2, 0.25) is 0 Å². The van der Waals surface area contributed by atoms with Crippen LogP contribution in [0.3, 0.4) is 0 Å². The van der Waals surface area contributed by atoms with Gasteiger partial charge in [0, 0.05) is 5.56 Å². The Morgan fingerprint density at radius 1 is 1.23 bits per heavy atom. The first-order valence-corrected chi connectivity index (χ1v) is 7.40. The average Bonchev–Trinajstić information content (AvgIpc) is 2.59. The summed E-state index contributed by atoms with van der Waals surface area (Å²) < 4.78 is 5.46. The highest BCUT2D eigenvalue weighted by atomic mass is 16.5. The van der Waals surface area contributed by atoms with Gasteiger partial charge in [-0.2, -0.15) is 5.26 Å². The standard InChI is InChI=1S/C19H19NO2/c1-3-14(2)16-7-9-17(10-8-16)19(21)13-22-18-6-4-5-15(11-18)12-20/h4-11,14H,3,13H2,1-2H3/t14-/m0/s1. The Balaban J connectivity index is 1.98. The molecule has 0 fully saturated rings. The number of ketones is 1. The van der Waals surface area contributed by atoms with Crippen molar-refractivity contribution in [2.24, 2.45) is 0 Å². The minimum absolute atomic E-state index is 0.0302. The largest absolute Gasteiger partial charge is 0.485 e. The number of Topliss-reactive ketones (excluding diaryl/α,β-unsaturated/α-hetero) is 1. The van der Waals surface area contributed by atoms with E-state index in [1.54, 1.807) is 24.3 Å². The highest BCUT2D eigenvalue weighted by Crippen LogP contribution is 2.19. The molecule has 3 nitrogen and oxygen atoms in total. The zero-order chi connectivity index (χ0) is 15.9. The summed E-state index contributed by atoms with van der Waals surface area (Å²) in [5, 5.41) is 8.84. The topological polar surface area (TPSA) is 50.1 Å². The molecular formula is C19H19NO2. The van der Waals surface area contributed by atoms with Gasteiger partial charge in [-0.05, 0) is 36.1 Å². The van der Waals surface area contributed by atoms with Crippen molar-refractivity contribution in [1.82, 2.24) is 0 Å². The number of nitrogens with zero attached hydrogens (tertiary/aromatic N) is 1. The van der Waals surface area contributed by atoms with Gasteiger partial charge in [0.2, 0.25) is 0 Å². The molecule has 0 bridgehead atoms. The summed E-state index contributed by atoms with van der Waals surface area (Å²) in [6.45, 7) is 4.28. The van der Waals surface area contributed by atoms with Gasteiger partial charge in [-0.25, -0.2) is 0 Å². The fraction of sp³-hybridized carbons (Fsp3) is 0.263. The smallest absolute Gasteiger partial charge is 0.200 e. The van der Waals surface area contributed by atoms with Gasteiger partial charge < -0.3 is 4.74 Å². The first-order valence-electron chi connectivity index (χ1n) is 7.40. The third kappa shape index (κ3) is 3.95. The quantitative estimate of drug-likeness (QED) is 0.745. The van der Waals surface area contributed by atoms with Crippen molar-refractivity contribution < 1.29 is 9.53 Å². The number of rotatable bonds is 6. The predicted molar refractivity (Wildman–Crippen MR) is 86.1 cm³/mol. The van der Waals surface area contributed by atoms with Crippen LogP contribution in [-0.2, 0) is 0 Å². The monoisotopic (exact) mass is 293 g/mol. The number of carbonyl (C=O) groups excluding carboxylic acids is 1. The third-order valence-corrected chi connectivity index (χ3v) is 3.75. The molecule has 0 amide bonds. The molecule has 112 valence electrons. The number of hydrogen-bond acceptors (Lipinski definition) is 3. The Bertz CT molecular complexity index is 683. The number of benzene rings is 2. The van der Waals surface area contributed by atoms with E-state index < -0.39 is 0 Å². The molecular weight excluding hydrogens is 274 g/mol. The fourth-order valence-corrected chi connectivity index (χ4v) is 2.12. The molecule has 0 N–H and O–H groups in total. The fourth-order valence-electron chi connectivity index (χ4n) is 2.12. The van der Waals surface area contributed by atoms with E-state index in [1.165, 1.54) is 5.56 Å². The summed E-state index contributed by atoms with van der Waals surface area (Å²) >= 11 is 0. The lowest BCUT2D eigenvalue weighted by Gasteiger charge is -2.10. The van der Waals surface area contributed by atoms with Crippen LogP contribution in [0.25, 0.3) is 0 Å². The lowest BCUT2D eigenvalue weighted by atomic mass is 9.97. The molecule has 0 radical (unpaired) electrons. The van der Waals surface area contributed by atoms with Crippen LogP contribution >= 0.6 is 0 Å². The van der Waals surface area contributed by atoms with Gasteiger partial charge in [0.15, 0.2) is 12.4 Å². The first kappa shape index (κ1) is 15.8. The molecule has 0 heterocycles. The van der Waals surface area contributed by atoms with E-state index in [1.807, 2.05) is 30.3 Å². The van der Waals surface area contributed by atoms with Crippen LogP contribution in [0.1, 0.15) is 47.7 Å². The number of ether oxygens (including phenoxy) is 1. The summed E-state index contributed by atoms with van der Waals surface area (Å²) in [7, 11) is 0. The Morgan fingerprint density at radius 2 is 1.95 bits per heavy atom. The van der Waals surface area contributed by atoms with Gasteiger partial charge in [-0.1, -0.05) is 44.2 Å². The van der Waals surface area contributed by atoms with E-state index in [0.717, 1.165) is 6.42 Å². The van der Waals surface area contributed by atoms with Crippen LogP contribution in [0.4, 0.5) is 0 Å². The van der Waals surface area contributed by atoms with Gasteiger partial charge in [0.05, 0.1) is 11.6 Å². The molecule has 2 rings (SSSR count). The van der Waals surface area contributed by atoms with Crippen LogP contribution in [-0.4, -0.2) is 12.4 Å². The minimum Gasteiger partial charge on any atom is -0.485 e. The zero-order valence-electron chi connectivity index (χ0n) is 12.9. The maximum Gasteiger partial charge on any atom is 0.200 e. The van der Waals surface area contributed by atoms with Crippen molar-refractivity contribution in [3.8, 4) is 11.8 Å².